The molecule has 2 heterocycles. The molecule has 78 valence electrons. The van der Waals surface area contributed by atoms with Crippen LogP contribution in [0, 0.1) is 12.8 Å². The standard InChI is InChI=1S/C11H13N3O/c1-6-2-5-8-10(12-6)14-9(7-3-4-7)11(15)13-8/h2,5,7,9H,3-4H2,1H3,(H,12,14)(H,13,15). The van der Waals surface area contributed by atoms with Crippen molar-refractivity contribution in [1.82, 2.24) is 4.98 Å². The SMILES string of the molecule is Cc1ccc2c(n1)NC(C1CC1)C(=O)N2. The highest BCUT2D eigenvalue weighted by Gasteiger charge is 2.39. The van der Waals surface area contributed by atoms with Gasteiger partial charge in [0.25, 0.3) is 0 Å². The van der Waals surface area contributed by atoms with Gasteiger partial charge in [-0.05, 0) is 37.8 Å². The quantitative estimate of drug-likeness (QED) is 0.727. The van der Waals surface area contributed by atoms with Gasteiger partial charge in [-0.15, -0.1) is 0 Å². The van der Waals surface area contributed by atoms with Crippen molar-refractivity contribution in [3.8, 4) is 0 Å². The Bertz CT molecular complexity index is 426. The van der Waals surface area contributed by atoms with E-state index in [0.717, 1.165) is 30.0 Å². The summed E-state index contributed by atoms with van der Waals surface area (Å²) in [6, 6.07) is 3.72. The van der Waals surface area contributed by atoms with E-state index in [-0.39, 0.29) is 11.9 Å². The minimum atomic E-state index is -0.0770. The van der Waals surface area contributed by atoms with E-state index in [0.29, 0.717) is 5.92 Å². The number of hydrogen-bond acceptors (Lipinski definition) is 3. The average molecular weight is 203 g/mol. The van der Waals surface area contributed by atoms with E-state index < -0.39 is 0 Å². The molecule has 1 unspecified atom stereocenters. The van der Waals surface area contributed by atoms with Gasteiger partial charge in [0.1, 0.15) is 6.04 Å². The lowest BCUT2D eigenvalue weighted by Gasteiger charge is -2.25. The minimum absolute atomic E-state index is 0.0770. The maximum absolute atomic E-state index is 11.7. The van der Waals surface area contributed by atoms with Crippen LogP contribution in [0.25, 0.3) is 0 Å². The summed E-state index contributed by atoms with van der Waals surface area (Å²) in [6.07, 6.45) is 2.29. The zero-order chi connectivity index (χ0) is 10.4. The summed E-state index contributed by atoms with van der Waals surface area (Å²) < 4.78 is 0. The van der Waals surface area contributed by atoms with Gasteiger partial charge in [-0.25, -0.2) is 4.98 Å². The van der Waals surface area contributed by atoms with Crippen LogP contribution >= 0.6 is 0 Å². The zero-order valence-electron chi connectivity index (χ0n) is 8.58. The minimum Gasteiger partial charge on any atom is -0.356 e. The largest absolute Gasteiger partial charge is 0.356 e. The summed E-state index contributed by atoms with van der Waals surface area (Å²) in [5.41, 5.74) is 1.76. The van der Waals surface area contributed by atoms with E-state index in [2.05, 4.69) is 15.6 Å². The number of aromatic nitrogens is 1. The van der Waals surface area contributed by atoms with E-state index in [1.54, 1.807) is 0 Å². The molecule has 0 radical (unpaired) electrons. The lowest BCUT2D eigenvalue weighted by Crippen LogP contribution is -2.40. The van der Waals surface area contributed by atoms with Crippen molar-refractivity contribution in [2.75, 3.05) is 10.6 Å². The number of pyridine rings is 1. The number of fused-ring (bicyclic) bond motifs is 1. The Hall–Kier alpha value is -1.58. The predicted octanol–water partition coefficient (Wildman–Crippen LogP) is 1.53. The molecule has 1 atom stereocenters. The molecule has 2 aliphatic rings. The molecule has 0 bridgehead atoms. The number of nitrogens with zero attached hydrogens (tertiary/aromatic N) is 1. The van der Waals surface area contributed by atoms with Gasteiger partial charge in [-0.1, -0.05) is 0 Å². The van der Waals surface area contributed by atoms with Gasteiger partial charge in [-0.2, -0.15) is 0 Å². The molecule has 0 aromatic carbocycles. The van der Waals surface area contributed by atoms with E-state index in [1.807, 2.05) is 19.1 Å². The fraction of sp³-hybridized carbons (Fsp3) is 0.455. The predicted molar refractivity (Wildman–Crippen MR) is 57.7 cm³/mol. The molecule has 1 aromatic heterocycles. The maximum Gasteiger partial charge on any atom is 0.247 e. The highest BCUT2D eigenvalue weighted by molar-refractivity contribution is 6.02. The van der Waals surface area contributed by atoms with Crippen LogP contribution in [0.5, 0.6) is 0 Å². The van der Waals surface area contributed by atoms with Gasteiger partial charge in [0, 0.05) is 5.69 Å². The first-order valence-corrected chi connectivity index (χ1v) is 5.29. The number of nitrogens with one attached hydrogen (secondary N) is 2. The molecule has 1 fully saturated rings. The smallest absolute Gasteiger partial charge is 0.247 e. The molecule has 1 aliphatic heterocycles. The summed E-state index contributed by atoms with van der Waals surface area (Å²) in [6.45, 7) is 1.95. The van der Waals surface area contributed by atoms with Crippen molar-refractivity contribution >= 4 is 17.4 Å². The normalized spacial score (nSPS) is 24.1. The zero-order valence-corrected chi connectivity index (χ0v) is 8.58. The Morgan fingerprint density at radius 3 is 2.93 bits per heavy atom. The van der Waals surface area contributed by atoms with Crippen LogP contribution in [0.3, 0.4) is 0 Å². The van der Waals surface area contributed by atoms with E-state index in [9.17, 15) is 4.79 Å². The van der Waals surface area contributed by atoms with Crippen LogP contribution in [0.15, 0.2) is 12.1 Å². The Kier molecular flexibility index (Phi) is 1.71. The Morgan fingerprint density at radius 2 is 2.20 bits per heavy atom. The highest BCUT2D eigenvalue weighted by Crippen LogP contribution is 2.37. The van der Waals surface area contributed by atoms with Crippen molar-refractivity contribution < 1.29 is 4.79 Å². The summed E-state index contributed by atoms with van der Waals surface area (Å²) in [5.74, 6) is 1.39. The monoisotopic (exact) mass is 203 g/mol. The van der Waals surface area contributed by atoms with E-state index in [1.165, 1.54) is 0 Å². The molecule has 4 heteroatoms. The van der Waals surface area contributed by atoms with Gasteiger partial charge in [-0.3, -0.25) is 4.79 Å². The highest BCUT2D eigenvalue weighted by atomic mass is 16.2. The Labute approximate surface area is 88.1 Å². The molecule has 1 saturated carbocycles. The molecule has 0 spiro atoms. The third kappa shape index (κ3) is 1.46. The van der Waals surface area contributed by atoms with Crippen molar-refractivity contribution in [2.24, 2.45) is 5.92 Å². The molecule has 1 aromatic rings. The number of anilines is 2. The van der Waals surface area contributed by atoms with Crippen LogP contribution in [-0.2, 0) is 4.79 Å². The van der Waals surface area contributed by atoms with Gasteiger partial charge in [0.15, 0.2) is 5.82 Å². The molecular formula is C11H13N3O. The van der Waals surface area contributed by atoms with Crippen LogP contribution in [0.4, 0.5) is 11.5 Å². The molecule has 4 nitrogen and oxygen atoms in total. The van der Waals surface area contributed by atoms with Crippen molar-refractivity contribution in [3.63, 3.8) is 0 Å². The third-order valence-corrected chi connectivity index (χ3v) is 2.96. The lowest BCUT2D eigenvalue weighted by molar-refractivity contribution is -0.117. The molecule has 2 N–H and O–H groups in total. The summed E-state index contributed by atoms with van der Waals surface area (Å²) >= 11 is 0. The van der Waals surface area contributed by atoms with Crippen molar-refractivity contribution in [2.45, 2.75) is 25.8 Å². The third-order valence-electron chi connectivity index (χ3n) is 2.96. The lowest BCUT2D eigenvalue weighted by atomic mass is 10.1. The van der Waals surface area contributed by atoms with Crippen LogP contribution in [-0.4, -0.2) is 16.9 Å². The van der Waals surface area contributed by atoms with Gasteiger partial charge < -0.3 is 10.6 Å². The topological polar surface area (TPSA) is 54.0 Å². The van der Waals surface area contributed by atoms with Crippen molar-refractivity contribution in [3.05, 3.63) is 17.8 Å². The first-order chi connectivity index (χ1) is 7.24. The molecule has 15 heavy (non-hydrogen) atoms. The summed E-state index contributed by atoms with van der Waals surface area (Å²) in [5, 5.41) is 6.12. The van der Waals surface area contributed by atoms with Gasteiger partial charge >= 0.3 is 0 Å². The number of carbonyl (C=O) groups is 1. The van der Waals surface area contributed by atoms with Crippen LogP contribution < -0.4 is 10.6 Å². The first kappa shape index (κ1) is 8.71. The molecular weight excluding hydrogens is 190 g/mol. The number of aryl methyl sites for hydroxylation is 1. The number of rotatable bonds is 1. The Morgan fingerprint density at radius 1 is 1.40 bits per heavy atom. The molecule has 3 rings (SSSR count). The second kappa shape index (κ2) is 2.95. The van der Waals surface area contributed by atoms with E-state index in [4.69, 9.17) is 0 Å². The van der Waals surface area contributed by atoms with Crippen LogP contribution in [0.1, 0.15) is 18.5 Å². The fourth-order valence-corrected chi connectivity index (χ4v) is 1.95. The maximum atomic E-state index is 11.7. The molecule has 0 saturated heterocycles. The van der Waals surface area contributed by atoms with Gasteiger partial charge in [0.2, 0.25) is 5.91 Å². The summed E-state index contributed by atoms with van der Waals surface area (Å²) in [7, 11) is 0. The van der Waals surface area contributed by atoms with Crippen molar-refractivity contribution in [1.29, 1.82) is 0 Å². The van der Waals surface area contributed by atoms with Gasteiger partial charge in [0.05, 0.1) is 5.69 Å². The number of hydrogen-bond donors (Lipinski definition) is 2. The second-order valence-corrected chi connectivity index (χ2v) is 4.30. The van der Waals surface area contributed by atoms with E-state index >= 15 is 0 Å². The molecule has 1 amide bonds. The fourth-order valence-electron chi connectivity index (χ4n) is 1.95. The summed E-state index contributed by atoms with van der Waals surface area (Å²) in [4.78, 5) is 16.1. The average Bonchev–Trinajstić information content (AvgIpc) is 3.01. The second-order valence-electron chi connectivity index (χ2n) is 4.30. The molecule has 1 aliphatic carbocycles. The first-order valence-electron chi connectivity index (χ1n) is 5.29. The Balaban J connectivity index is 1.95. The van der Waals surface area contributed by atoms with Crippen LogP contribution in [0.2, 0.25) is 0 Å². The number of carbonyl (C=O) groups excluding carboxylic acids is 1. The number of amides is 1.